The molecule has 0 amide bonds. The first-order chi connectivity index (χ1) is 7.70. The zero-order valence-corrected chi connectivity index (χ0v) is 9.73. The SMILES string of the molecule is CC(C)=C1C=CCC(=O)C1c1ccccc1. The van der Waals surface area contributed by atoms with E-state index in [1.165, 1.54) is 5.57 Å². The second-order valence-corrected chi connectivity index (χ2v) is 4.37. The third kappa shape index (κ3) is 1.99. The van der Waals surface area contributed by atoms with Crippen LogP contribution in [0.2, 0.25) is 0 Å². The Kier molecular flexibility index (Phi) is 3.04. The van der Waals surface area contributed by atoms with Gasteiger partial charge in [0.05, 0.1) is 5.92 Å². The summed E-state index contributed by atoms with van der Waals surface area (Å²) in [5.41, 5.74) is 3.48. The van der Waals surface area contributed by atoms with Crippen LogP contribution < -0.4 is 0 Å². The molecule has 0 aliphatic heterocycles. The molecule has 0 saturated heterocycles. The Morgan fingerprint density at radius 3 is 2.50 bits per heavy atom. The molecule has 2 rings (SSSR count). The molecule has 0 fully saturated rings. The molecule has 1 nitrogen and oxygen atoms in total. The van der Waals surface area contributed by atoms with Crippen LogP contribution in [0.15, 0.2) is 53.6 Å². The minimum atomic E-state index is -0.0591. The lowest BCUT2D eigenvalue weighted by Crippen LogP contribution is -2.17. The number of rotatable bonds is 1. The van der Waals surface area contributed by atoms with Crippen molar-refractivity contribution in [3.8, 4) is 0 Å². The van der Waals surface area contributed by atoms with Gasteiger partial charge in [0, 0.05) is 6.42 Å². The Balaban J connectivity index is 2.49. The number of allylic oxidation sites excluding steroid dienone is 4. The summed E-state index contributed by atoms with van der Waals surface area (Å²) in [4.78, 5) is 12.0. The van der Waals surface area contributed by atoms with Crippen molar-refractivity contribution in [2.45, 2.75) is 26.2 Å². The largest absolute Gasteiger partial charge is 0.298 e. The van der Waals surface area contributed by atoms with Crippen LogP contribution in [-0.4, -0.2) is 5.78 Å². The molecular formula is C15H16O. The van der Waals surface area contributed by atoms with Crippen LogP contribution in [0.4, 0.5) is 0 Å². The molecule has 1 aromatic carbocycles. The van der Waals surface area contributed by atoms with Gasteiger partial charge in [0.15, 0.2) is 0 Å². The Labute approximate surface area is 96.5 Å². The van der Waals surface area contributed by atoms with Gasteiger partial charge >= 0.3 is 0 Å². The van der Waals surface area contributed by atoms with Crippen LogP contribution in [0.3, 0.4) is 0 Å². The van der Waals surface area contributed by atoms with E-state index in [9.17, 15) is 4.79 Å². The highest BCUT2D eigenvalue weighted by molar-refractivity contribution is 5.92. The van der Waals surface area contributed by atoms with Crippen LogP contribution in [0, 0.1) is 0 Å². The molecule has 82 valence electrons. The minimum Gasteiger partial charge on any atom is -0.298 e. The van der Waals surface area contributed by atoms with Crippen molar-refractivity contribution >= 4 is 5.78 Å². The van der Waals surface area contributed by atoms with E-state index in [0.29, 0.717) is 12.2 Å². The highest BCUT2D eigenvalue weighted by Crippen LogP contribution is 2.32. The third-order valence-electron chi connectivity index (χ3n) is 2.96. The van der Waals surface area contributed by atoms with Gasteiger partial charge in [0.2, 0.25) is 0 Å². The standard InChI is InChI=1S/C15H16O/c1-11(2)13-9-6-10-14(16)15(13)12-7-4-3-5-8-12/h3-9,15H,10H2,1-2H3. The summed E-state index contributed by atoms with van der Waals surface area (Å²) in [5.74, 6) is 0.237. The van der Waals surface area contributed by atoms with Gasteiger partial charge in [0.1, 0.15) is 5.78 Å². The fourth-order valence-corrected chi connectivity index (χ4v) is 2.16. The van der Waals surface area contributed by atoms with Crippen LogP contribution in [-0.2, 0) is 4.79 Å². The van der Waals surface area contributed by atoms with Crippen molar-refractivity contribution in [1.29, 1.82) is 0 Å². The summed E-state index contributed by atoms with van der Waals surface area (Å²) in [5, 5.41) is 0. The van der Waals surface area contributed by atoms with Gasteiger partial charge in [-0.2, -0.15) is 0 Å². The molecule has 0 radical (unpaired) electrons. The fourth-order valence-electron chi connectivity index (χ4n) is 2.16. The highest BCUT2D eigenvalue weighted by Gasteiger charge is 2.25. The second kappa shape index (κ2) is 4.48. The quantitative estimate of drug-likeness (QED) is 0.694. The van der Waals surface area contributed by atoms with Crippen molar-refractivity contribution < 1.29 is 4.79 Å². The summed E-state index contributed by atoms with van der Waals surface area (Å²) >= 11 is 0. The predicted octanol–water partition coefficient (Wildman–Crippen LogP) is 3.64. The Morgan fingerprint density at radius 1 is 1.19 bits per heavy atom. The first-order valence-corrected chi connectivity index (χ1v) is 5.61. The van der Waals surface area contributed by atoms with E-state index in [-0.39, 0.29) is 5.92 Å². The molecular weight excluding hydrogens is 196 g/mol. The zero-order chi connectivity index (χ0) is 11.5. The summed E-state index contributed by atoms with van der Waals surface area (Å²) in [6, 6.07) is 10.0. The second-order valence-electron chi connectivity index (χ2n) is 4.37. The number of ketones is 1. The lowest BCUT2D eigenvalue weighted by Gasteiger charge is -2.22. The van der Waals surface area contributed by atoms with Crippen LogP contribution in [0.1, 0.15) is 31.7 Å². The molecule has 1 aliphatic rings. The maximum absolute atomic E-state index is 12.0. The van der Waals surface area contributed by atoms with Gasteiger partial charge in [0.25, 0.3) is 0 Å². The zero-order valence-electron chi connectivity index (χ0n) is 9.73. The molecule has 0 bridgehead atoms. The Hall–Kier alpha value is -1.63. The van der Waals surface area contributed by atoms with E-state index in [2.05, 4.69) is 19.9 Å². The maximum Gasteiger partial charge on any atom is 0.148 e. The first-order valence-electron chi connectivity index (χ1n) is 5.61. The maximum atomic E-state index is 12.0. The number of carbonyl (C=O) groups is 1. The predicted molar refractivity (Wildman–Crippen MR) is 66.3 cm³/mol. The van der Waals surface area contributed by atoms with Gasteiger partial charge in [-0.25, -0.2) is 0 Å². The molecule has 0 N–H and O–H groups in total. The van der Waals surface area contributed by atoms with E-state index in [4.69, 9.17) is 0 Å². The minimum absolute atomic E-state index is 0.0591. The molecule has 1 heteroatoms. The van der Waals surface area contributed by atoms with E-state index in [0.717, 1.165) is 11.1 Å². The van der Waals surface area contributed by atoms with Crippen molar-refractivity contribution in [3.05, 3.63) is 59.2 Å². The third-order valence-corrected chi connectivity index (χ3v) is 2.96. The molecule has 0 saturated carbocycles. The van der Waals surface area contributed by atoms with E-state index in [1.807, 2.05) is 36.4 Å². The molecule has 1 aliphatic carbocycles. The van der Waals surface area contributed by atoms with Crippen molar-refractivity contribution in [1.82, 2.24) is 0 Å². The molecule has 1 aromatic rings. The summed E-state index contributed by atoms with van der Waals surface area (Å²) in [7, 11) is 0. The number of hydrogen-bond donors (Lipinski definition) is 0. The first kappa shape index (κ1) is 10.9. The normalized spacial score (nSPS) is 20.0. The summed E-state index contributed by atoms with van der Waals surface area (Å²) in [6.07, 6.45) is 4.61. The number of carbonyl (C=O) groups excluding carboxylic acids is 1. The monoisotopic (exact) mass is 212 g/mol. The van der Waals surface area contributed by atoms with E-state index < -0.39 is 0 Å². The molecule has 0 heterocycles. The Morgan fingerprint density at radius 2 is 1.88 bits per heavy atom. The average molecular weight is 212 g/mol. The van der Waals surface area contributed by atoms with Crippen molar-refractivity contribution in [2.24, 2.45) is 0 Å². The van der Waals surface area contributed by atoms with Crippen molar-refractivity contribution in [3.63, 3.8) is 0 Å². The summed E-state index contributed by atoms with van der Waals surface area (Å²) < 4.78 is 0. The summed E-state index contributed by atoms with van der Waals surface area (Å²) in [6.45, 7) is 4.13. The van der Waals surface area contributed by atoms with Crippen molar-refractivity contribution in [2.75, 3.05) is 0 Å². The molecule has 0 spiro atoms. The fraction of sp³-hybridized carbons (Fsp3) is 0.267. The molecule has 1 unspecified atom stereocenters. The number of Topliss-reactive ketones (excluding diaryl/α,β-unsaturated/α-hetero) is 1. The molecule has 1 atom stereocenters. The number of hydrogen-bond acceptors (Lipinski definition) is 1. The van der Waals surface area contributed by atoms with Crippen LogP contribution in [0.25, 0.3) is 0 Å². The van der Waals surface area contributed by atoms with E-state index in [1.54, 1.807) is 0 Å². The van der Waals surface area contributed by atoms with Crippen LogP contribution in [0.5, 0.6) is 0 Å². The smallest absolute Gasteiger partial charge is 0.148 e. The van der Waals surface area contributed by atoms with Gasteiger partial charge in [-0.05, 0) is 25.0 Å². The van der Waals surface area contributed by atoms with Crippen LogP contribution >= 0.6 is 0 Å². The molecule has 0 aromatic heterocycles. The lowest BCUT2D eigenvalue weighted by atomic mass is 9.81. The lowest BCUT2D eigenvalue weighted by molar-refractivity contribution is -0.119. The topological polar surface area (TPSA) is 17.1 Å². The highest BCUT2D eigenvalue weighted by atomic mass is 16.1. The van der Waals surface area contributed by atoms with Gasteiger partial charge in [-0.15, -0.1) is 0 Å². The molecule has 16 heavy (non-hydrogen) atoms. The van der Waals surface area contributed by atoms with Gasteiger partial charge < -0.3 is 0 Å². The number of benzene rings is 1. The van der Waals surface area contributed by atoms with Gasteiger partial charge in [-0.1, -0.05) is 48.1 Å². The average Bonchev–Trinajstić information content (AvgIpc) is 2.29. The van der Waals surface area contributed by atoms with E-state index >= 15 is 0 Å². The Bertz CT molecular complexity index is 448. The van der Waals surface area contributed by atoms with Gasteiger partial charge in [-0.3, -0.25) is 4.79 Å².